The molecule has 5 heteroatoms. The van der Waals surface area contributed by atoms with E-state index in [0.29, 0.717) is 0 Å². The molecule has 0 bridgehead atoms. The Balaban J connectivity index is 2.55. The molecule has 0 amide bonds. The van der Waals surface area contributed by atoms with Gasteiger partial charge in [0.1, 0.15) is 5.75 Å². The number of rotatable bonds is 1. The van der Waals surface area contributed by atoms with E-state index in [4.69, 9.17) is 0 Å². The van der Waals surface area contributed by atoms with Crippen LogP contribution in [0.1, 0.15) is 5.56 Å². The average molecular weight is 318 g/mol. The van der Waals surface area contributed by atoms with Crippen molar-refractivity contribution in [1.82, 2.24) is 10.2 Å². The summed E-state index contributed by atoms with van der Waals surface area (Å²) in [6.45, 7) is 1.98. The van der Waals surface area contributed by atoms with Gasteiger partial charge in [-0.25, -0.2) is 0 Å². The third kappa shape index (κ3) is 1.88. The predicted molar refractivity (Wildman–Crippen MR) is 64.5 cm³/mol. The van der Waals surface area contributed by atoms with Crippen molar-refractivity contribution in [3.05, 3.63) is 26.8 Å². The number of hydrogen-bond acceptors (Lipinski definition) is 4. The molecule has 1 aromatic carbocycles. The molecular weight excluding hydrogens is 311 g/mol. The lowest BCUT2D eigenvalue weighted by atomic mass is 10.1. The van der Waals surface area contributed by atoms with Gasteiger partial charge in [0.2, 0.25) is 0 Å². The van der Waals surface area contributed by atoms with E-state index < -0.39 is 0 Å². The van der Waals surface area contributed by atoms with Crippen LogP contribution >= 0.6 is 33.9 Å². The normalized spacial score (nSPS) is 10.4. The SMILES string of the molecule is Cc1ccc(O)c(-c2nnc(I)s2)c1. The number of halogens is 1. The van der Waals surface area contributed by atoms with Crippen molar-refractivity contribution in [1.29, 1.82) is 0 Å². The Hall–Kier alpha value is -0.690. The second-order valence-electron chi connectivity index (χ2n) is 2.88. The summed E-state index contributed by atoms with van der Waals surface area (Å²) in [6, 6.07) is 5.45. The molecule has 0 aliphatic heterocycles. The molecule has 0 unspecified atom stereocenters. The van der Waals surface area contributed by atoms with Crippen molar-refractivity contribution < 1.29 is 5.11 Å². The number of benzene rings is 1. The maximum atomic E-state index is 9.63. The van der Waals surface area contributed by atoms with Crippen LogP contribution in [0.25, 0.3) is 10.6 Å². The highest BCUT2D eigenvalue weighted by molar-refractivity contribution is 14.1. The molecule has 0 atom stereocenters. The summed E-state index contributed by atoms with van der Waals surface area (Å²) in [5.74, 6) is 0.253. The van der Waals surface area contributed by atoms with Crippen molar-refractivity contribution in [3.63, 3.8) is 0 Å². The van der Waals surface area contributed by atoms with E-state index in [9.17, 15) is 5.11 Å². The van der Waals surface area contributed by atoms with Gasteiger partial charge in [-0.2, -0.15) is 0 Å². The van der Waals surface area contributed by atoms with Gasteiger partial charge in [-0.1, -0.05) is 23.0 Å². The number of nitrogens with zero attached hydrogens (tertiary/aromatic N) is 2. The largest absolute Gasteiger partial charge is 0.507 e. The molecule has 1 N–H and O–H groups in total. The van der Waals surface area contributed by atoms with Crippen LogP contribution < -0.4 is 0 Å². The standard InChI is InChI=1S/C9H7IN2OS/c1-5-2-3-7(13)6(4-5)8-11-12-9(10)14-8/h2-4,13H,1H3. The predicted octanol–water partition coefficient (Wildman–Crippen LogP) is 2.82. The molecular formula is C9H7IN2OS. The highest BCUT2D eigenvalue weighted by Gasteiger charge is 2.09. The first kappa shape index (κ1) is 9.85. The zero-order valence-corrected chi connectivity index (χ0v) is 10.3. The highest BCUT2D eigenvalue weighted by Crippen LogP contribution is 2.32. The summed E-state index contributed by atoms with van der Waals surface area (Å²) >= 11 is 3.58. The van der Waals surface area contributed by atoms with Crippen LogP contribution in [0, 0.1) is 9.94 Å². The molecule has 0 aliphatic rings. The van der Waals surface area contributed by atoms with Gasteiger partial charge in [0.15, 0.2) is 8.02 Å². The summed E-state index contributed by atoms with van der Waals surface area (Å²) in [6.07, 6.45) is 0. The first-order chi connectivity index (χ1) is 6.66. The van der Waals surface area contributed by atoms with Gasteiger partial charge in [-0.15, -0.1) is 10.2 Å². The molecule has 2 aromatic rings. The third-order valence-electron chi connectivity index (χ3n) is 1.78. The number of aromatic nitrogens is 2. The van der Waals surface area contributed by atoms with Gasteiger partial charge in [0, 0.05) is 0 Å². The topological polar surface area (TPSA) is 46.0 Å². The van der Waals surface area contributed by atoms with E-state index in [2.05, 4.69) is 32.8 Å². The van der Waals surface area contributed by atoms with Gasteiger partial charge < -0.3 is 5.11 Å². The highest BCUT2D eigenvalue weighted by atomic mass is 127. The van der Waals surface area contributed by atoms with Gasteiger partial charge in [0.05, 0.1) is 5.56 Å². The van der Waals surface area contributed by atoms with Gasteiger partial charge in [-0.3, -0.25) is 0 Å². The zero-order valence-electron chi connectivity index (χ0n) is 7.36. The summed E-state index contributed by atoms with van der Waals surface area (Å²) in [5.41, 5.74) is 1.86. The first-order valence-corrected chi connectivity index (χ1v) is 5.85. The van der Waals surface area contributed by atoms with E-state index in [-0.39, 0.29) is 5.75 Å². The zero-order chi connectivity index (χ0) is 10.1. The van der Waals surface area contributed by atoms with Crippen LogP contribution in [0.5, 0.6) is 5.75 Å². The lowest BCUT2D eigenvalue weighted by Crippen LogP contribution is -1.80. The molecule has 0 aliphatic carbocycles. The lowest BCUT2D eigenvalue weighted by Gasteiger charge is -2.00. The van der Waals surface area contributed by atoms with Crippen LogP contribution in [0.4, 0.5) is 0 Å². The first-order valence-electron chi connectivity index (χ1n) is 3.96. The van der Waals surface area contributed by atoms with Crippen molar-refractivity contribution >= 4 is 33.9 Å². The molecule has 0 spiro atoms. The maximum Gasteiger partial charge on any atom is 0.178 e. The van der Waals surface area contributed by atoms with Gasteiger partial charge in [-0.05, 0) is 41.6 Å². The van der Waals surface area contributed by atoms with Crippen molar-refractivity contribution in [2.24, 2.45) is 0 Å². The summed E-state index contributed by atoms with van der Waals surface area (Å²) in [4.78, 5) is 0. The Morgan fingerprint density at radius 2 is 2.14 bits per heavy atom. The Morgan fingerprint density at radius 1 is 1.36 bits per heavy atom. The van der Waals surface area contributed by atoms with E-state index >= 15 is 0 Å². The number of phenols is 1. The molecule has 0 saturated carbocycles. The van der Waals surface area contributed by atoms with Crippen LogP contribution in [0.3, 0.4) is 0 Å². The Kier molecular flexibility index (Phi) is 2.69. The fraction of sp³-hybridized carbons (Fsp3) is 0.111. The summed E-state index contributed by atoms with van der Waals surface area (Å²) in [5, 5.41) is 18.3. The quantitative estimate of drug-likeness (QED) is 0.823. The summed E-state index contributed by atoms with van der Waals surface area (Å²) in [7, 11) is 0. The van der Waals surface area contributed by atoms with Crippen molar-refractivity contribution in [3.8, 4) is 16.3 Å². The minimum atomic E-state index is 0.253. The third-order valence-corrected chi connectivity index (χ3v) is 3.40. The molecule has 0 saturated heterocycles. The second-order valence-corrected chi connectivity index (χ2v) is 5.61. The Morgan fingerprint density at radius 3 is 2.79 bits per heavy atom. The summed E-state index contributed by atoms with van der Waals surface area (Å²) < 4.78 is 0.874. The molecule has 1 heterocycles. The van der Waals surface area contributed by atoms with E-state index in [0.717, 1.165) is 19.1 Å². The molecule has 72 valence electrons. The van der Waals surface area contributed by atoms with E-state index in [1.807, 2.05) is 19.1 Å². The van der Waals surface area contributed by atoms with Crippen LogP contribution in [0.2, 0.25) is 0 Å². The van der Waals surface area contributed by atoms with E-state index in [1.54, 1.807) is 6.07 Å². The van der Waals surface area contributed by atoms with E-state index in [1.165, 1.54) is 11.3 Å². The molecule has 0 fully saturated rings. The smallest absolute Gasteiger partial charge is 0.178 e. The average Bonchev–Trinajstić information content (AvgIpc) is 2.56. The fourth-order valence-corrected chi connectivity index (χ4v) is 2.47. The van der Waals surface area contributed by atoms with Crippen LogP contribution in [-0.2, 0) is 0 Å². The number of aromatic hydroxyl groups is 1. The number of aryl methyl sites for hydroxylation is 1. The molecule has 1 aromatic heterocycles. The minimum Gasteiger partial charge on any atom is -0.507 e. The van der Waals surface area contributed by atoms with Crippen molar-refractivity contribution in [2.75, 3.05) is 0 Å². The lowest BCUT2D eigenvalue weighted by molar-refractivity contribution is 0.477. The molecule has 3 nitrogen and oxygen atoms in total. The van der Waals surface area contributed by atoms with Crippen LogP contribution in [0.15, 0.2) is 18.2 Å². The fourth-order valence-electron chi connectivity index (χ4n) is 1.14. The van der Waals surface area contributed by atoms with Crippen LogP contribution in [-0.4, -0.2) is 15.3 Å². The molecule has 2 rings (SSSR count). The van der Waals surface area contributed by atoms with Gasteiger partial charge in [0.25, 0.3) is 0 Å². The van der Waals surface area contributed by atoms with Crippen molar-refractivity contribution in [2.45, 2.75) is 6.92 Å². The molecule has 0 radical (unpaired) electrons. The monoisotopic (exact) mass is 318 g/mol. The van der Waals surface area contributed by atoms with Gasteiger partial charge >= 0.3 is 0 Å². The minimum absolute atomic E-state index is 0.253. The Bertz CT molecular complexity index is 470. The molecule has 14 heavy (non-hydrogen) atoms. The maximum absolute atomic E-state index is 9.63. The second kappa shape index (κ2) is 3.82. The number of hydrogen-bond donors (Lipinski definition) is 1. The number of phenolic OH excluding ortho intramolecular Hbond substituents is 1. The Labute approximate surface area is 99.0 Å².